The number of alkyl halides is 2. The van der Waals surface area contributed by atoms with E-state index in [1.54, 1.807) is 6.07 Å². The van der Waals surface area contributed by atoms with Gasteiger partial charge in [0.1, 0.15) is 4.88 Å². The molecule has 1 aromatic heterocycles. The molecule has 3 rings (SSSR count). The van der Waals surface area contributed by atoms with Gasteiger partial charge in [-0.05, 0) is 68.6 Å². The highest BCUT2D eigenvalue weighted by Crippen LogP contribution is 2.36. The van der Waals surface area contributed by atoms with Gasteiger partial charge in [-0.15, -0.1) is 11.3 Å². The number of methoxy groups -OCH3 is 1. The van der Waals surface area contributed by atoms with Crippen molar-refractivity contribution in [3.8, 4) is 0 Å². The number of carbonyl (C=O) groups excluding carboxylic acids is 2. The Morgan fingerprint density at radius 3 is 2.61 bits per heavy atom. The number of hydrogen-bond donors (Lipinski definition) is 1. The van der Waals surface area contributed by atoms with Crippen LogP contribution in [0.25, 0.3) is 0 Å². The molecule has 8 heteroatoms. The summed E-state index contributed by atoms with van der Waals surface area (Å²) in [4.78, 5) is 26.7. The van der Waals surface area contributed by atoms with E-state index in [0.717, 1.165) is 30.6 Å². The van der Waals surface area contributed by atoms with Crippen LogP contribution in [0.1, 0.15) is 72.0 Å². The smallest absolute Gasteiger partial charge is 0.348 e. The molecule has 1 unspecified atom stereocenters. The van der Waals surface area contributed by atoms with Crippen LogP contribution in [0.2, 0.25) is 0 Å². The average Bonchev–Trinajstić information content (AvgIpc) is 3.43. The summed E-state index contributed by atoms with van der Waals surface area (Å²) in [6, 6.07) is 13.2. The summed E-state index contributed by atoms with van der Waals surface area (Å²) >= 11 is 1.31. The standard InChI is InChI=1S/C28H37F2NO4S/c1-20(9-6-7-12-21-10-4-3-5-11-21)24(32)16-14-22-19-28(29,30)27(34)31(22)18-8-13-23-15-17-25(36-23)26(33)35-2/h3-5,10-11,15,17,20,22,24,32H,6-9,12-14,16,18-19H2,1-2H3/t20-,22?,24+/m0/s1. The highest BCUT2D eigenvalue weighted by Gasteiger charge is 2.52. The van der Waals surface area contributed by atoms with E-state index in [1.165, 1.54) is 28.9 Å². The fourth-order valence-electron chi connectivity index (χ4n) is 4.84. The molecule has 2 heterocycles. The summed E-state index contributed by atoms with van der Waals surface area (Å²) in [7, 11) is 1.32. The number of unbranched alkanes of at least 4 members (excludes halogenated alkanes) is 1. The normalized spacial score (nSPS) is 18.9. The Kier molecular flexibility index (Phi) is 10.4. The summed E-state index contributed by atoms with van der Waals surface area (Å²) in [6.07, 6.45) is 4.75. The maximum Gasteiger partial charge on any atom is 0.348 e. The van der Waals surface area contributed by atoms with Crippen LogP contribution in [0, 0.1) is 5.92 Å². The van der Waals surface area contributed by atoms with Crippen molar-refractivity contribution < 1.29 is 28.2 Å². The van der Waals surface area contributed by atoms with Gasteiger partial charge in [0.05, 0.1) is 13.2 Å². The Morgan fingerprint density at radius 2 is 1.89 bits per heavy atom. The summed E-state index contributed by atoms with van der Waals surface area (Å²) in [5.41, 5.74) is 1.31. The van der Waals surface area contributed by atoms with Gasteiger partial charge >= 0.3 is 11.9 Å². The lowest BCUT2D eigenvalue weighted by atomic mass is 9.92. The molecule has 0 aliphatic carbocycles. The van der Waals surface area contributed by atoms with E-state index in [0.29, 0.717) is 30.6 Å². The number of carbonyl (C=O) groups is 2. The van der Waals surface area contributed by atoms with Crippen molar-refractivity contribution in [3.63, 3.8) is 0 Å². The Morgan fingerprint density at radius 1 is 1.14 bits per heavy atom. The average molecular weight is 522 g/mol. The molecule has 1 fully saturated rings. The maximum absolute atomic E-state index is 14.2. The fraction of sp³-hybridized carbons (Fsp3) is 0.571. The van der Waals surface area contributed by atoms with Gasteiger partial charge in [-0.2, -0.15) is 8.78 Å². The lowest BCUT2D eigenvalue weighted by molar-refractivity contribution is -0.148. The lowest BCUT2D eigenvalue weighted by Crippen LogP contribution is -2.37. The van der Waals surface area contributed by atoms with E-state index in [9.17, 15) is 23.5 Å². The zero-order chi connectivity index (χ0) is 26.1. The number of amides is 1. The zero-order valence-electron chi connectivity index (χ0n) is 21.1. The van der Waals surface area contributed by atoms with Gasteiger partial charge < -0.3 is 14.7 Å². The van der Waals surface area contributed by atoms with Crippen LogP contribution in [0.4, 0.5) is 8.78 Å². The first-order valence-corrected chi connectivity index (χ1v) is 13.6. The third kappa shape index (κ3) is 7.84. The lowest BCUT2D eigenvalue weighted by Gasteiger charge is -2.26. The molecule has 2 aromatic rings. The van der Waals surface area contributed by atoms with Crippen LogP contribution < -0.4 is 0 Å². The van der Waals surface area contributed by atoms with Gasteiger partial charge in [0.25, 0.3) is 5.91 Å². The molecule has 1 N–H and O–H groups in total. The molecule has 0 spiro atoms. The van der Waals surface area contributed by atoms with E-state index in [4.69, 9.17) is 4.74 Å². The van der Waals surface area contributed by atoms with E-state index < -0.39 is 36.4 Å². The SMILES string of the molecule is COC(=O)c1ccc(CCCN2C(=O)C(F)(F)CC2CC[C@@H](O)[C@@H](C)CCCCc2ccccc2)s1. The quantitative estimate of drug-likeness (QED) is 0.249. The van der Waals surface area contributed by atoms with Crippen LogP contribution in [0.3, 0.4) is 0 Å². The molecular weight excluding hydrogens is 484 g/mol. The highest BCUT2D eigenvalue weighted by atomic mass is 32.1. The zero-order valence-corrected chi connectivity index (χ0v) is 21.9. The first-order chi connectivity index (χ1) is 17.2. The second kappa shape index (κ2) is 13.3. The van der Waals surface area contributed by atoms with Gasteiger partial charge in [-0.1, -0.05) is 43.7 Å². The second-order valence-corrected chi connectivity index (χ2v) is 10.9. The number of nitrogens with zero attached hydrogens (tertiary/aromatic N) is 1. The molecule has 1 amide bonds. The van der Waals surface area contributed by atoms with Gasteiger partial charge in [0.2, 0.25) is 0 Å². The minimum atomic E-state index is -3.35. The topological polar surface area (TPSA) is 66.8 Å². The summed E-state index contributed by atoms with van der Waals surface area (Å²) in [5.74, 6) is -4.78. The third-order valence-electron chi connectivity index (χ3n) is 7.05. The molecule has 36 heavy (non-hydrogen) atoms. The number of ether oxygens (including phenoxy) is 1. The maximum atomic E-state index is 14.2. The molecule has 3 atom stereocenters. The number of aryl methyl sites for hydroxylation is 2. The molecule has 1 saturated heterocycles. The number of rotatable bonds is 14. The Hall–Kier alpha value is -2.32. The predicted octanol–water partition coefficient (Wildman–Crippen LogP) is 5.89. The number of hydrogen-bond acceptors (Lipinski definition) is 5. The van der Waals surface area contributed by atoms with Crippen molar-refractivity contribution in [2.45, 2.75) is 82.8 Å². The number of likely N-dealkylation sites (tertiary alicyclic amines) is 1. The number of aliphatic hydroxyl groups is 1. The van der Waals surface area contributed by atoms with Crippen LogP contribution >= 0.6 is 11.3 Å². The Balaban J connectivity index is 1.43. The first kappa shape index (κ1) is 28.3. The second-order valence-electron chi connectivity index (χ2n) is 9.78. The minimum absolute atomic E-state index is 0.0784. The molecule has 5 nitrogen and oxygen atoms in total. The monoisotopic (exact) mass is 521 g/mol. The van der Waals surface area contributed by atoms with Crippen molar-refractivity contribution in [2.75, 3.05) is 13.7 Å². The van der Waals surface area contributed by atoms with E-state index in [1.807, 2.05) is 31.2 Å². The fourth-order valence-corrected chi connectivity index (χ4v) is 5.81. The van der Waals surface area contributed by atoms with Crippen LogP contribution in [-0.2, 0) is 22.4 Å². The van der Waals surface area contributed by atoms with Crippen molar-refractivity contribution in [3.05, 3.63) is 57.8 Å². The van der Waals surface area contributed by atoms with Crippen molar-refractivity contribution in [1.29, 1.82) is 0 Å². The molecule has 0 radical (unpaired) electrons. The minimum Gasteiger partial charge on any atom is -0.465 e. The third-order valence-corrected chi connectivity index (χ3v) is 8.17. The highest BCUT2D eigenvalue weighted by molar-refractivity contribution is 7.13. The van der Waals surface area contributed by atoms with Crippen molar-refractivity contribution >= 4 is 23.2 Å². The van der Waals surface area contributed by atoms with Crippen LogP contribution in [0.15, 0.2) is 42.5 Å². The summed E-state index contributed by atoms with van der Waals surface area (Å²) < 4.78 is 33.2. The van der Waals surface area contributed by atoms with Gasteiger partial charge in [-0.3, -0.25) is 4.79 Å². The number of halogens is 2. The van der Waals surface area contributed by atoms with Gasteiger partial charge in [0.15, 0.2) is 0 Å². The molecular formula is C28H37F2NO4S. The van der Waals surface area contributed by atoms with Crippen molar-refractivity contribution in [2.24, 2.45) is 5.92 Å². The molecule has 1 aliphatic rings. The van der Waals surface area contributed by atoms with E-state index >= 15 is 0 Å². The number of aliphatic hydroxyl groups excluding tert-OH is 1. The van der Waals surface area contributed by atoms with Gasteiger partial charge in [-0.25, -0.2) is 4.79 Å². The number of benzene rings is 1. The summed E-state index contributed by atoms with van der Waals surface area (Å²) in [6.45, 7) is 2.23. The molecule has 1 aromatic carbocycles. The first-order valence-electron chi connectivity index (χ1n) is 12.8. The number of thiophene rings is 1. The Labute approximate surface area is 216 Å². The van der Waals surface area contributed by atoms with Crippen LogP contribution in [-0.4, -0.2) is 53.6 Å². The number of esters is 1. The van der Waals surface area contributed by atoms with E-state index in [-0.39, 0.29) is 12.5 Å². The van der Waals surface area contributed by atoms with E-state index in [2.05, 4.69) is 12.1 Å². The Bertz CT molecular complexity index is 981. The molecule has 1 aliphatic heterocycles. The molecule has 0 saturated carbocycles. The largest absolute Gasteiger partial charge is 0.465 e. The molecule has 198 valence electrons. The predicted molar refractivity (Wildman–Crippen MR) is 137 cm³/mol. The van der Waals surface area contributed by atoms with Crippen molar-refractivity contribution in [1.82, 2.24) is 4.90 Å². The summed E-state index contributed by atoms with van der Waals surface area (Å²) in [5, 5.41) is 10.6. The van der Waals surface area contributed by atoms with Gasteiger partial charge in [0, 0.05) is 23.9 Å². The molecule has 0 bridgehead atoms. The van der Waals surface area contributed by atoms with Crippen LogP contribution in [0.5, 0.6) is 0 Å².